The van der Waals surface area contributed by atoms with E-state index in [9.17, 15) is 9.18 Å². The number of hydrogen-bond donors (Lipinski definition) is 0. The highest BCUT2D eigenvalue weighted by Gasteiger charge is 2.18. The Morgan fingerprint density at radius 1 is 1.17 bits per heavy atom. The number of nitrogens with zero attached hydrogens (tertiary/aromatic N) is 1. The average molecular weight is 249 g/mol. The Morgan fingerprint density at radius 2 is 1.83 bits per heavy atom. The molecule has 0 aliphatic carbocycles. The quantitative estimate of drug-likeness (QED) is 0.800. The molecule has 98 valence electrons. The zero-order chi connectivity index (χ0) is 12.8. The van der Waals surface area contributed by atoms with Gasteiger partial charge in [-0.15, -0.1) is 0 Å². The number of hydrogen-bond acceptors (Lipinski definition) is 1. The molecule has 1 aromatic carbocycles. The summed E-state index contributed by atoms with van der Waals surface area (Å²) in [7, 11) is 0. The van der Waals surface area contributed by atoms with Crippen LogP contribution in [0.2, 0.25) is 0 Å². The van der Waals surface area contributed by atoms with Crippen molar-refractivity contribution in [3.8, 4) is 0 Å². The number of alkyl halides is 1. The van der Waals surface area contributed by atoms with E-state index >= 15 is 0 Å². The number of amides is 1. The number of carbonyl (C=O) groups excluding carboxylic acids is 1. The van der Waals surface area contributed by atoms with E-state index in [-0.39, 0.29) is 5.91 Å². The van der Waals surface area contributed by atoms with Crippen molar-refractivity contribution in [2.45, 2.75) is 38.3 Å². The summed E-state index contributed by atoms with van der Waals surface area (Å²) in [6.07, 6.45) is 2.96. The lowest BCUT2D eigenvalue weighted by Gasteiger charge is -2.26. The van der Waals surface area contributed by atoms with Crippen LogP contribution in [0.25, 0.3) is 0 Å². The lowest BCUT2D eigenvalue weighted by atomic mass is 10.0. The predicted octanol–water partition coefficient (Wildman–Crippen LogP) is 3.49. The van der Waals surface area contributed by atoms with Crippen LogP contribution in [0.1, 0.15) is 43.8 Å². The third kappa shape index (κ3) is 3.56. The van der Waals surface area contributed by atoms with Crippen LogP contribution < -0.4 is 0 Å². The van der Waals surface area contributed by atoms with Crippen molar-refractivity contribution < 1.29 is 9.18 Å². The molecule has 1 aliphatic heterocycles. The number of benzene rings is 1. The SMILES string of the molecule is O=C(CCC(F)c1ccccc1)N1CCCCC1. The van der Waals surface area contributed by atoms with Gasteiger partial charge in [0, 0.05) is 19.5 Å². The fraction of sp³-hybridized carbons (Fsp3) is 0.533. The molecule has 0 N–H and O–H groups in total. The molecule has 1 amide bonds. The monoisotopic (exact) mass is 249 g/mol. The topological polar surface area (TPSA) is 20.3 Å². The highest BCUT2D eigenvalue weighted by Crippen LogP contribution is 2.23. The molecule has 1 fully saturated rings. The molecular weight excluding hydrogens is 229 g/mol. The van der Waals surface area contributed by atoms with Gasteiger partial charge in [0.1, 0.15) is 6.17 Å². The molecule has 1 unspecified atom stereocenters. The first kappa shape index (κ1) is 13.1. The van der Waals surface area contributed by atoms with Crippen LogP contribution in [0.4, 0.5) is 4.39 Å². The van der Waals surface area contributed by atoms with Gasteiger partial charge in [0.05, 0.1) is 0 Å². The van der Waals surface area contributed by atoms with E-state index in [4.69, 9.17) is 0 Å². The Labute approximate surface area is 108 Å². The Hall–Kier alpha value is -1.38. The lowest BCUT2D eigenvalue weighted by Crippen LogP contribution is -2.35. The van der Waals surface area contributed by atoms with Gasteiger partial charge in [-0.1, -0.05) is 30.3 Å². The second-order valence-electron chi connectivity index (χ2n) is 4.86. The standard InChI is InChI=1S/C15H20FNO/c16-14(13-7-3-1-4-8-13)9-10-15(18)17-11-5-2-6-12-17/h1,3-4,7-8,14H,2,5-6,9-12H2. The van der Waals surface area contributed by atoms with Crippen LogP contribution in [0, 0.1) is 0 Å². The summed E-state index contributed by atoms with van der Waals surface area (Å²) < 4.78 is 13.9. The highest BCUT2D eigenvalue weighted by molar-refractivity contribution is 5.76. The minimum atomic E-state index is -1.03. The lowest BCUT2D eigenvalue weighted by molar-refractivity contribution is -0.132. The smallest absolute Gasteiger partial charge is 0.222 e. The maximum absolute atomic E-state index is 13.9. The summed E-state index contributed by atoms with van der Waals surface area (Å²) in [6.45, 7) is 1.70. The molecule has 0 aromatic heterocycles. The molecule has 0 bridgehead atoms. The van der Waals surface area contributed by atoms with Gasteiger partial charge in [0.2, 0.25) is 5.91 Å². The zero-order valence-corrected chi connectivity index (χ0v) is 10.6. The molecule has 1 aromatic rings. The second-order valence-corrected chi connectivity index (χ2v) is 4.86. The third-order valence-electron chi connectivity index (χ3n) is 3.48. The highest BCUT2D eigenvalue weighted by atomic mass is 19.1. The Morgan fingerprint density at radius 3 is 2.50 bits per heavy atom. The van der Waals surface area contributed by atoms with E-state index in [1.165, 1.54) is 6.42 Å². The number of piperidine rings is 1. The largest absolute Gasteiger partial charge is 0.343 e. The first-order valence-corrected chi connectivity index (χ1v) is 6.74. The molecule has 18 heavy (non-hydrogen) atoms. The molecule has 3 heteroatoms. The zero-order valence-electron chi connectivity index (χ0n) is 10.6. The van der Waals surface area contributed by atoms with Crippen molar-refractivity contribution in [2.75, 3.05) is 13.1 Å². The van der Waals surface area contributed by atoms with Crippen molar-refractivity contribution in [3.05, 3.63) is 35.9 Å². The van der Waals surface area contributed by atoms with Gasteiger partial charge in [-0.25, -0.2) is 4.39 Å². The molecular formula is C15H20FNO. The van der Waals surface area contributed by atoms with Crippen molar-refractivity contribution in [3.63, 3.8) is 0 Å². The number of carbonyl (C=O) groups is 1. The van der Waals surface area contributed by atoms with Gasteiger partial charge in [0.25, 0.3) is 0 Å². The van der Waals surface area contributed by atoms with Crippen molar-refractivity contribution in [1.29, 1.82) is 0 Å². The Kier molecular flexibility index (Phi) is 4.73. The minimum Gasteiger partial charge on any atom is -0.343 e. The Balaban J connectivity index is 1.78. The summed E-state index contributed by atoms with van der Waals surface area (Å²) in [5.41, 5.74) is 0.670. The summed E-state index contributed by atoms with van der Waals surface area (Å²) in [4.78, 5) is 13.8. The molecule has 0 spiro atoms. The van der Waals surface area contributed by atoms with Crippen molar-refractivity contribution in [2.24, 2.45) is 0 Å². The van der Waals surface area contributed by atoms with Gasteiger partial charge >= 0.3 is 0 Å². The summed E-state index contributed by atoms with van der Waals surface area (Å²) >= 11 is 0. The van der Waals surface area contributed by atoms with E-state index in [1.807, 2.05) is 23.1 Å². The molecule has 1 atom stereocenters. The maximum atomic E-state index is 13.9. The number of rotatable bonds is 4. The molecule has 1 saturated heterocycles. The molecule has 0 radical (unpaired) electrons. The fourth-order valence-electron chi connectivity index (χ4n) is 2.38. The van der Waals surface area contributed by atoms with E-state index < -0.39 is 6.17 Å². The fourth-order valence-corrected chi connectivity index (χ4v) is 2.38. The van der Waals surface area contributed by atoms with Crippen molar-refractivity contribution >= 4 is 5.91 Å². The molecule has 2 nitrogen and oxygen atoms in total. The summed E-state index contributed by atoms with van der Waals surface area (Å²) in [5.74, 6) is 0.105. The molecule has 1 aliphatic rings. The molecule has 2 rings (SSSR count). The summed E-state index contributed by atoms with van der Waals surface area (Å²) in [6, 6.07) is 9.07. The maximum Gasteiger partial charge on any atom is 0.222 e. The van der Waals surface area contributed by atoms with Crippen molar-refractivity contribution in [1.82, 2.24) is 4.90 Å². The normalized spacial score (nSPS) is 17.5. The third-order valence-corrected chi connectivity index (χ3v) is 3.48. The summed E-state index contributed by atoms with van der Waals surface area (Å²) in [5, 5.41) is 0. The predicted molar refractivity (Wildman–Crippen MR) is 70.0 cm³/mol. The molecule has 1 heterocycles. The number of halogens is 1. The van der Waals surface area contributed by atoms with Gasteiger partial charge in [0.15, 0.2) is 0 Å². The van der Waals surface area contributed by atoms with Crippen LogP contribution in [-0.4, -0.2) is 23.9 Å². The first-order valence-electron chi connectivity index (χ1n) is 6.74. The van der Waals surface area contributed by atoms with Crippen LogP contribution in [-0.2, 0) is 4.79 Å². The van der Waals surface area contributed by atoms with Gasteiger partial charge in [-0.05, 0) is 31.2 Å². The van der Waals surface area contributed by atoms with Crippen LogP contribution >= 0.6 is 0 Å². The second kappa shape index (κ2) is 6.53. The van der Waals surface area contributed by atoms with Gasteiger partial charge in [-0.2, -0.15) is 0 Å². The van der Waals surface area contributed by atoms with Gasteiger partial charge < -0.3 is 4.90 Å². The van der Waals surface area contributed by atoms with E-state index in [0.717, 1.165) is 25.9 Å². The minimum absolute atomic E-state index is 0.105. The van der Waals surface area contributed by atoms with E-state index in [0.29, 0.717) is 18.4 Å². The Bertz CT molecular complexity index is 373. The van der Waals surface area contributed by atoms with Crippen LogP contribution in [0.5, 0.6) is 0 Å². The van der Waals surface area contributed by atoms with Crippen LogP contribution in [0.15, 0.2) is 30.3 Å². The van der Waals surface area contributed by atoms with E-state index in [2.05, 4.69) is 0 Å². The van der Waals surface area contributed by atoms with E-state index in [1.54, 1.807) is 12.1 Å². The first-order chi connectivity index (χ1) is 8.77. The average Bonchev–Trinajstić information content (AvgIpc) is 2.46. The van der Waals surface area contributed by atoms with Crippen LogP contribution in [0.3, 0.4) is 0 Å². The number of likely N-dealkylation sites (tertiary alicyclic amines) is 1. The molecule has 0 saturated carbocycles. The van der Waals surface area contributed by atoms with Gasteiger partial charge in [-0.3, -0.25) is 4.79 Å².